The minimum atomic E-state index is -0.512. The zero-order chi connectivity index (χ0) is 9.41. The molecule has 70 valence electrons. The lowest BCUT2D eigenvalue weighted by Crippen LogP contribution is -2.54. The van der Waals surface area contributed by atoms with Gasteiger partial charge in [-0.05, 0) is 32.2 Å². The zero-order valence-corrected chi connectivity index (χ0v) is 8.23. The number of esters is 1. The minimum absolute atomic E-state index is 0.0921. The fraction of sp³-hybridized carbons (Fsp3) is 0.889. The molecule has 0 heterocycles. The maximum Gasteiger partial charge on any atom is 0.326 e. The molecule has 0 radical (unpaired) electrons. The quantitative estimate of drug-likeness (QED) is 0.642. The molecule has 0 saturated heterocycles. The second kappa shape index (κ2) is 2.73. The molecule has 0 aromatic carbocycles. The number of rotatable bonds is 3. The highest BCUT2D eigenvalue weighted by atomic mass is 16.5. The highest BCUT2D eigenvalue weighted by molar-refractivity contribution is 5.82. The first-order valence-corrected chi connectivity index (χ1v) is 4.27. The van der Waals surface area contributed by atoms with Crippen molar-refractivity contribution in [1.82, 2.24) is 5.32 Å². The molecule has 1 unspecified atom stereocenters. The molecule has 1 rings (SSSR count). The Balaban J connectivity index is 2.82. The highest BCUT2D eigenvalue weighted by Crippen LogP contribution is 2.53. The van der Waals surface area contributed by atoms with Gasteiger partial charge in [-0.1, -0.05) is 6.92 Å². The van der Waals surface area contributed by atoms with E-state index in [4.69, 9.17) is 4.74 Å². The van der Waals surface area contributed by atoms with Gasteiger partial charge < -0.3 is 10.1 Å². The summed E-state index contributed by atoms with van der Waals surface area (Å²) in [6, 6.07) is 0. The van der Waals surface area contributed by atoms with E-state index in [1.807, 2.05) is 6.92 Å². The van der Waals surface area contributed by atoms with Crippen molar-refractivity contribution in [3.63, 3.8) is 0 Å². The molecule has 1 saturated carbocycles. The molecule has 0 bridgehead atoms. The molecule has 3 heteroatoms. The second-order valence-corrected chi connectivity index (χ2v) is 3.93. The number of likely N-dealkylation sites (N-methyl/N-ethyl adjacent to an activating group) is 1. The summed E-state index contributed by atoms with van der Waals surface area (Å²) in [5, 5.41) is 3.06. The number of carbonyl (C=O) groups excluding carboxylic acids is 1. The molecule has 3 nitrogen and oxygen atoms in total. The molecule has 1 fully saturated rings. The van der Waals surface area contributed by atoms with E-state index in [0.717, 1.165) is 12.8 Å². The summed E-state index contributed by atoms with van der Waals surface area (Å²) >= 11 is 0. The van der Waals surface area contributed by atoms with Gasteiger partial charge >= 0.3 is 5.97 Å². The molecule has 1 aliphatic carbocycles. The molecule has 1 atom stereocenters. The third kappa shape index (κ3) is 1.12. The first-order valence-electron chi connectivity index (χ1n) is 4.27. The van der Waals surface area contributed by atoms with Gasteiger partial charge in [0.05, 0.1) is 7.11 Å². The Labute approximate surface area is 73.5 Å². The Morgan fingerprint density at radius 1 is 1.58 bits per heavy atom. The average Bonchev–Trinajstić information content (AvgIpc) is 2.82. The van der Waals surface area contributed by atoms with E-state index in [1.54, 1.807) is 7.05 Å². The summed E-state index contributed by atoms with van der Waals surface area (Å²) in [5.74, 6) is -0.162. The summed E-state index contributed by atoms with van der Waals surface area (Å²) in [6.45, 7) is 4.02. The second-order valence-electron chi connectivity index (χ2n) is 3.93. The third-order valence-corrected chi connectivity index (χ3v) is 3.30. The van der Waals surface area contributed by atoms with E-state index in [-0.39, 0.29) is 11.4 Å². The van der Waals surface area contributed by atoms with E-state index in [0.29, 0.717) is 0 Å². The molecule has 1 N–H and O–H groups in total. The first kappa shape index (κ1) is 9.52. The number of ether oxygens (including phenoxy) is 1. The van der Waals surface area contributed by atoms with Crippen molar-refractivity contribution in [3.8, 4) is 0 Å². The van der Waals surface area contributed by atoms with E-state index < -0.39 is 5.54 Å². The van der Waals surface area contributed by atoms with Gasteiger partial charge in [0.2, 0.25) is 0 Å². The van der Waals surface area contributed by atoms with Gasteiger partial charge in [-0.2, -0.15) is 0 Å². The zero-order valence-electron chi connectivity index (χ0n) is 8.23. The van der Waals surface area contributed by atoms with Crippen LogP contribution in [-0.2, 0) is 9.53 Å². The van der Waals surface area contributed by atoms with Crippen molar-refractivity contribution in [2.75, 3.05) is 14.2 Å². The Hall–Kier alpha value is -0.570. The van der Waals surface area contributed by atoms with Crippen LogP contribution in [0, 0.1) is 5.41 Å². The van der Waals surface area contributed by atoms with Crippen LogP contribution in [0.1, 0.15) is 26.7 Å². The lowest BCUT2D eigenvalue weighted by atomic mass is 9.84. The van der Waals surface area contributed by atoms with Crippen LogP contribution >= 0.6 is 0 Å². The van der Waals surface area contributed by atoms with Gasteiger partial charge in [0.15, 0.2) is 0 Å². The Morgan fingerprint density at radius 3 is 2.33 bits per heavy atom. The largest absolute Gasteiger partial charge is 0.468 e. The molecule has 1 aliphatic rings. The maximum atomic E-state index is 11.5. The predicted octanol–water partition coefficient (Wildman–Crippen LogP) is 0.938. The van der Waals surface area contributed by atoms with Crippen LogP contribution in [0.3, 0.4) is 0 Å². The van der Waals surface area contributed by atoms with Crippen molar-refractivity contribution in [1.29, 1.82) is 0 Å². The number of hydrogen-bond acceptors (Lipinski definition) is 3. The van der Waals surface area contributed by atoms with Crippen molar-refractivity contribution < 1.29 is 9.53 Å². The fourth-order valence-electron chi connectivity index (χ4n) is 1.54. The van der Waals surface area contributed by atoms with Gasteiger partial charge in [-0.25, -0.2) is 0 Å². The van der Waals surface area contributed by atoms with Crippen molar-refractivity contribution >= 4 is 5.97 Å². The summed E-state index contributed by atoms with van der Waals surface area (Å²) in [4.78, 5) is 11.5. The standard InChI is InChI=1S/C9H17NO2/c1-8(5-6-8)9(2,10-3)7(11)12-4/h10H,5-6H2,1-4H3. The average molecular weight is 171 g/mol. The Kier molecular flexibility index (Phi) is 2.17. The molecule has 0 aromatic heterocycles. The summed E-state index contributed by atoms with van der Waals surface area (Å²) in [6.07, 6.45) is 2.19. The van der Waals surface area contributed by atoms with Gasteiger partial charge in [0, 0.05) is 0 Å². The van der Waals surface area contributed by atoms with Crippen LogP contribution in [-0.4, -0.2) is 25.7 Å². The lowest BCUT2D eigenvalue weighted by molar-refractivity contribution is -0.150. The fourth-order valence-corrected chi connectivity index (χ4v) is 1.54. The molecule has 0 spiro atoms. The van der Waals surface area contributed by atoms with E-state index in [9.17, 15) is 4.79 Å². The Bertz CT molecular complexity index is 199. The molecule has 0 aromatic rings. The van der Waals surface area contributed by atoms with Gasteiger partial charge in [0.25, 0.3) is 0 Å². The summed E-state index contributed by atoms with van der Waals surface area (Å²) in [7, 11) is 3.24. The molecule has 0 aliphatic heterocycles. The maximum absolute atomic E-state index is 11.5. The Morgan fingerprint density at radius 2 is 2.08 bits per heavy atom. The topological polar surface area (TPSA) is 38.3 Å². The van der Waals surface area contributed by atoms with Gasteiger partial charge in [0.1, 0.15) is 5.54 Å². The van der Waals surface area contributed by atoms with Crippen molar-refractivity contribution in [2.45, 2.75) is 32.2 Å². The number of carbonyl (C=O) groups is 1. The lowest BCUT2D eigenvalue weighted by Gasteiger charge is -2.32. The van der Waals surface area contributed by atoms with E-state index in [1.165, 1.54) is 7.11 Å². The van der Waals surface area contributed by atoms with E-state index >= 15 is 0 Å². The normalized spacial score (nSPS) is 24.3. The van der Waals surface area contributed by atoms with Crippen molar-refractivity contribution in [2.24, 2.45) is 5.41 Å². The molecule has 12 heavy (non-hydrogen) atoms. The van der Waals surface area contributed by atoms with Gasteiger partial charge in [-0.15, -0.1) is 0 Å². The molecule has 0 amide bonds. The van der Waals surface area contributed by atoms with Crippen molar-refractivity contribution in [3.05, 3.63) is 0 Å². The van der Waals surface area contributed by atoms with Gasteiger partial charge in [-0.3, -0.25) is 4.79 Å². The third-order valence-electron chi connectivity index (χ3n) is 3.30. The molecular weight excluding hydrogens is 154 g/mol. The predicted molar refractivity (Wildman–Crippen MR) is 46.8 cm³/mol. The number of hydrogen-bond donors (Lipinski definition) is 1. The van der Waals surface area contributed by atoms with E-state index in [2.05, 4.69) is 12.2 Å². The van der Waals surface area contributed by atoms with Crippen LogP contribution in [0.2, 0.25) is 0 Å². The SMILES string of the molecule is CNC(C)(C(=O)OC)C1(C)CC1. The number of methoxy groups -OCH3 is 1. The minimum Gasteiger partial charge on any atom is -0.468 e. The van der Waals surface area contributed by atoms with Crippen LogP contribution in [0.15, 0.2) is 0 Å². The first-order chi connectivity index (χ1) is 5.50. The van der Waals surface area contributed by atoms with Crippen LogP contribution in [0.5, 0.6) is 0 Å². The summed E-state index contributed by atoms with van der Waals surface area (Å²) in [5.41, 5.74) is -0.420. The monoisotopic (exact) mass is 171 g/mol. The highest BCUT2D eigenvalue weighted by Gasteiger charge is 2.57. The summed E-state index contributed by atoms with van der Waals surface area (Å²) < 4.78 is 4.77. The van der Waals surface area contributed by atoms with Crippen LogP contribution < -0.4 is 5.32 Å². The van der Waals surface area contributed by atoms with Crippen LogP contribution in [0.4, 0.5) is 0 Å². The smallest absolute Gasteiger partial charge is 0.326 e. The molecular formula is C9H17NO2. The van der Waals surface area contributed by atoms with Crippen LogP contribution in [0.25, 0.3) is 0 Å². The number of nitrogens with one attached hydrogen (secondary N) is 1.